The number of thioether (sulfide) groups is 1. The maximum absolute atomic E-state index is 13.0. The van der Waals surface area contributed by atoms with Crippen LogP contribution in [-0.4, -0.2) is 69.9 Å². The maximum Gasteiger partial charge on any atom is 0.358 e. The molecule has 3 atom stereocenters. The molecule has 182 valence electrons. The van der Waals surface area contributed by atoms with Crippen molar-refractivity contribution in [1.29, 1.82) is 0 Å². The molecule has 3 heterocycles. The minimum absolute atomic E-state index is 0.0365. The summed E-state index contributed by atoms with van der Waals surface area (Å²) >= 11 is 2.50. The number of nitrogens with one attached hydrogen (secondary N) is 1. The number of anilines is 1. The summed E-state index contributed by atoms with van der Waals surface area (Å²) < 4.78 is 10.1. The second kappa shape index (κ2) is 10.7. The molecular weight excluding hydrogens is 486 g/mol. The van der Waals surface area contributed by atoms with Crippen molar-refractivity contribution in [3.63, 3.8) is 0 Å². The fourth-order valence-electron chi connectivity index (χ4n) is 3.33. The third kappa shape index (κ3) is 5.22. The lowest BCUT2D eigenvalue weighted by atomic mass is 10.0. The lowest BCUT2D eigenvalue weighted by Crippen LogP contribution is -2.71. The average Bonchev–Trinajstić information content (AvgIpc) is 3.20. The molecule has 2 aliphatic heterocycles. The first kappa shape index (κ1) is 25.2. The molecular formula is C20H23N5O7S2. The van der Waals surface area contributed by atoms with Crippen LogP contribution < -0.4 is 11.1 Å². The summed E-state index contributed by atoms with van der Waals surface area (Å²) in [6, 6.07) is -0.920. The van der Waals surface area contributed by atoms with Gasteiger partial charge in [-0.2, -0.15) is 0 Å². The van der Waals surface area contributed by atoms with E-state index in [4.69, 9.17) is 20.0 Å². The second-order valence-electron chi connectivity index (χ2n) is 7.01. The fourth-order valence-corrected chi connectivity index (χ4v) is 5.19. The zero-order chi connectivity index (χ0) is 25.0. The number of thiazole rings is 1. The molecule has 0 bridgehead atoms. The molecule has 12 nitrogen and oxygen atoms in total. The summed E-state index contributed by atoms with van der Waals surface area (Å²) in [6.45, 7) is 4.36. The van der Waals surface area contributed by atoms with Crippen LogP contribution in [0, 0.1) is 0 Å². The van der Waals surface area contributed by atoms with Gasteiger partial charge in [0, 0.05) is 25.0 Å². The molecule has 34 heavy (non-hydrogen) atoms. The predicted octanol–water partition coefficient (Wildman–Crippen LogP) is 0.758. The number of nitrogens with two attached hydrogens (primary N) is 1. The van der Waals surface area contributed by atoms with Crippen molar-refractivity contribution in [1.82, 2.24) is 15.2 Å². The van der Waals surface area contributed by atoms with Crippen LogP contribution in [0.3, 0.4) is 0 Å². The van der Waals surface area contributed by atoms with E-state index >= 15 is 0 Å². The van der Waals surface area contributed by atoms with Crippen LogP contribution in [0.5, 0.6) is 0 Å². The van der Waals surface area contributed by atoms with Crippen molar-refractivity contribution in [2.75, 3.05) is 18.6 Å². The number of rotatable bonds is 8. The van der Waals surface area contributed by atoms with Crippen molar-refractivity contribution < 1.29 is 33.5 Å². The molecule has 1 fully saturated rings. The average molecular weight is 510 g/mol. The Hall–Kier alpha value is -3.39. The van der Waals surface area contributed by atoms with Gasteiger partial charge in [-0.15, -0.1) is 23.1 Å². The van der Waals surface area contributed by atoms with Crippen molar-refractivity contribution in [3.8, 4) is 0 Å². The van der Waals surface area contributed by atoms with Gasteiger partial charge in [-0.3, -0.25) is 19.3 Å². The standard InChI is InChI=1S/C20H23N5O7S2/c1-5-6-11-7-33-18-14(23-16(27)13(24-30-4)12-8-34-20(21)22-12)17(28)25(18)15(11)19(29)32-10(3)31-9(2)26/h5-6,8,10,14,18H,7H2,1-4H3,(H2,21,22)(H,23,27)/b6-5-,24-13-/t10?,14?,18-/m1/s1. The van der Waals surface area contributed by atoms with E-state index < -0.39 is 41.5 Å². The first-order valence-corrected chi connectivity index (χ1v) is 11.9. The van der Waals surface area contributed by atoms with Gasteiger partial charge in [0.2, 0.25) is 6.29 Å². The topological polar surface area (TPSA) is 163 Å². The number of nitrogen functional groups attached to an aromatic ring is 1. The first-order chi connectivity index (χ1) is 16.2. The number of hydrogen-bond acceptors (Lipinski definition) is 12. The first-order valence-electron chi connectivity index (χ1n) is 10.00. The summed E-state index contributed by atoms with van der Waals surface area (Å²) in [7, 11) is 1.28. The maximum atomic E-state index is 13.0. The quantitative estimate of drug-likeness (QED) is 0.168. The smallest absolute Gasteiger partial charge is 0.358 e. The molecule has 0 radical (unpaired) electrons. The molecule has 0 spiro atoms. The number of esters is 2. The van der Waals surface area contributed by atoms with E-state index in [1.807, 2.05) is 0 Å². The van der Waals surface area contributed by atoms with E-state index in [-0.39, 0.29) is 22.2 Å². The Morgan fingerprint density at radius 1 is 1.38 bits per heavy atom. The molecule has 2 unspecified atom stereocenters. The number of carbonyl (C=O) groups is 4. The highest BCUT2D eigenvalue weighted by Crippen LogP contribution is 2.41. The summed E-state index contributed by atoms with van der Waals surface area (Å²) in [4.78, 5) is 59.9. The van der Waals surface area contributed by atoms with Gasteiger partial charge in [0.25, 0.3) is 11.8 Å². The van der Waals surface area contributed by atoms with Gasteiger partial charge >= 0.3 is 11.9 Å². The molecule has 1 aromatic heterocycles. The van der Waals surface area contributed by atoms with Crippen molar-refractivity contribution in [2.45, 2.75) is 38.5 Å². The van der Waals surface area contributed by atoms with Crippen LogP contribution in [0.1, 0.15) is 26.5 Å². The number of β-lactam (4-membered cyclic amide) rings is 1. The number of aromatic nitrogens is 1. The summed E-state index contributed by atoms with van der Waals surface area (Å²) in [5.41, 5.74) is 6.32. The minimum atomic E-state index is -1.14. The van der Waals surface area contributed by atoms with Crippen LogP contribution in [0.15, 0.2) is 34.0 Å². The zero-order valence-corrected chi connectivity index (χ0v) is 20.4. The Balaban J connectivity index is 1.79. The van der Waals surface area contributed by atoms with Crippen LogP contribution in [0.25, 0.3) is 0 Å². The van der Waals surface area contributed by atoms with E-state index in [1.54, 1.807) is 24.5 Å². The third-order valence-corrected chi connectivity index (χ3v) is 6.59. The summed E-state index contributed by atoms with van der Waals surface area (Å²) in [6.07, 6.45) is 2.30. The predicted molar refractivity (Wildman–Crippen MR) is 124 cm³/mol. The number of carbonyl (C=O) groups excluding carboxylic acids is 4. The number of nitrogens with zero attached hydrogens (tertiary/aromatic N) is 3. The van der Waals surface area contributed by atoms with Gasteiger partial charge in [0.15, 0.2) is 10.8 Å². The van der Waals surface area contributed by atoms with Crippen LogP contribution in [-0.2, 0) is 33.5 Å². The number of allylic oxidation sites excluding steroid dienone is 2. The number of oxime groups is 1. The van der Waals surface area contributed by atoms with Gasteiger partial charge in [-0.1, -0.05) is 17.3 Å². The SMILES string of the molecule is C/C=C\C1=C(C(=O)OC(C)OC(C)=O)N2C(=O)C(NC(=O)/C(=N\OC)c3csc(N)n3)[C@H]2SC1. The van der Waals surface area contributed by atoms with Crippen molar-refractivity contribution in [2.24, 2.45) is 5.16 Å². The van der Waals surface area contributed by atoms with E-state index in [9.17, 15) is 19.2 Å². The molecule has 1 saturated heterocycles. The van der Waals surface area contributed by atoms with E-state index in [0.29, 0.717) is 11.3 Å². The fraction of sp³-hybridized carbons (Fsp3) is 0.400. The summed E-state index contributed by atoms with van der Waals surface area (Å²) in [5, 5.41) is 7.58. The summed E-state index contributed by atoms with van der Waals surface area (Å²) in [5.74, 6) is -2.22. The largest absolute Gasteiger partial charge is 0.426 e. The minimum Gasteiger partial charge on any atom is -0.426 e. The van der Waals surface area contributed by atoms with E-state index in [1.165, 1.54) is 37.6 Å². The lowest BCUT2D eigenvalue weighted by Gasteiger charge is -2.49. The second-order valence-corrected chi connectivity index (χ2v) is 9.01. The van der Waals surface area contributed by atoms with Crippen molar-refractivity contribution >= 4 is 57.7 Å². The Bertz CT molecular complexity index is 1100. The number of ether oxygens (including phenoxy) is 2. The Morgan fingerprint density at radius 3 is 2.71 bits per heavy atom. The van der Waals surface area contributed by atoms with Crippen LogP contribution in [0.4, 0.5) is 5.13 Å². The van der Waals surface area contributed by atoms with Gasteiger partial charge in [-0.25, -0.2) is 9.78 Å². The van der Waals surface area contributed by atoms with Crippen LogP contribution >= 0.6 is 23.1 Å². The molecule has 2 amide bonds. The van der Waals surface area contributed by atoms with E-state index in [2.05, 4.69) is 15.5 Å². The van der Waals surface area contributed by atoms with Gasteiger partial charge in [0.05, 0.1) is 0 Å². The number of fused-ring (bicyclic) bond motifs is 1. The third-order valence-electron chi connectivity index (χ3n) is 4.61. The van der Waals surface area contributed by atoms with Gasteiger partial charge in [0.1, 0.15) is 29.9 Å². The van der Waals surface area contributed by atoms with Crippen molar-refractivity contribution in [3.05, 3.63) is 34.5 Å². The molecule has 3 N–H and O–H groups in total. The monoisotopic (exact) mass is 509 g/mol. The molecule has 0 aliphatic carbocycles. The molecule has 0 aromatic carbocycles. The van der Waals surface area contributed by atoms with Crippen LogP contribution in [0.2, 0.25) is 0 Å². The highest BCUT2D eigenvalue weighted by molar-refractivity contribution is 8.00. The molecule has 14 heteroatoms. The number of hydrogen-bond donors (Lipinski definition) is 2. The normalized spacial score (nSPS) is 21.0. The highest BCUT2D eigenvalue weighted by atomic mass is 32.2. The Morgan fingerprint density at radius 2 is 2.12 bits per heavy atom. The highest BCUT2D eigenvalue weighted by Gasteiger charge is 2.54. The molecule has 0 saturated carbocycles. The Labute approximate surface area is 203 Å². The Kier molecular flexibility index (Phi) is 7.94. The molecule has 3 rings (SSSR count). The number of amides is 2. The van der Waals surface area contributed by atoms with E-state index in [0.717, 1.165) is 11.3 Å². The zero-order valence-electron chi connectivity index (χ0n) is 18.8. The molecule has 2 aliphatic rings. The van der Waals surface area contributed by atoms with Gasteiger partial charge in [-0.05, 0) is 12.5 Å². The lowest BCUT2D eigenvalue weighted by molar-refractivity contribution is -0.182. The van der Waals surface area contributed by atoms with Gasteiger partial charge < -0.3 is 25.4 Å². The molecule has 1 aromatic rings.